The first-order chi connectivity index (χ1) is 12.9. The minimum atomic E-state index is -3.87. The van der Waals surface area contributed by atoms with Crippen LogP contribution in [0, 0.1) is 10.1 Å². The van der Waals surface area contributed by atoms with Crippen LogP contribution in [0.15, 0.2) is 47.4 Å². The maximum Gasteiger partial charge on any atom is 0.312 e. The molecule has 0 N–H and O–H groups in total. The third kappa shape index (κ3) is 4.13. The van der Waals surface area contributed by atoms with Gasteiger partial charge in [-0.05, 0) is 24.3 Å². The number of benzene rings is 2. The zero-order valence-electron chi connectivity index (χ0n) is 14.1. The molecule has 1 fully saturated rings. The van der Waals surface area contributed by atoms with Crippen molar-refractivity contribution in [2.45, 2.75) is 4.90 Å². The van der Waals surface area contributed by atoms with Crippen LogP contribution in [0.3, 0.4) is 0 Å². The first-order valence-electron chi connectivity index (χ1n) is 8.01. The van der Waals surface area contributed by atoms with Crippen LogP contribution < -0.4 is 4.74 Å². The average molecular weight is 392 g/mol. The van der Waals surface area contributed by atoms with Crippen LogP contribution in [0.25, 0.3) is 0 Å². The zero-order valence-corrected chi connectivity index (χ0v) is 14.9. The predicted molar refractivity (Wildman–Crippen MR) is 94.6 cm³/mol. The molecule has 0 saturated carbocycles. The summed E-state index contributed by atoms with van der Waals surface area (Å²) in [6, 6.07) is 9.57. The van der Waals surface area contributed by atoms with Crippen molar-refractivity contribution in [2.24, 2.45) is 0 Å². The molecule has 0 aliphatic carbocycles. The van der Waals surface area contributed by atoms with E-state index in [2.05, 4.69) is 0 Å². The lowest BCUT2D eigenvalue weighted by Crippen LogP contribution is -2.40. The lowest BCUT2D eigenvalue weighted by atomic mass is 10.2. The standard InChI is InChI=1S/C17H16N2O7S/c20-12-13-2-1-3-14(10-13)26-17-5-4-15(11-16(17)19(21)22)27(23,24)18-6-8-25-9-7-18/h1-5,10-12H,6-9H2. The number of ether oxygens (including phenoxy) is 2. The molecule has 2 aromatic rings. The summed E-state index contributed by atoms with van der Waals surface area (Å²) in [5.41, 5.74) is -0.137. The number of sulfonamides is 1. The van der Waals surface area contributed by atoms with Gasteiger partial charge in [-0.25, -0.2) is 8.42 Å². The summed E-state index contributed by atoms with van der Waals surface area (Å²) in [6.45, 7) is 0.922. The van der Waals surface area contributed by atoms with Gasteiger partial charge in [0.2, 0.25) is 15.8 Å². The van der Waals surface area contributed by atoms with Gasteiger partial charge in [0.1, 0.15) is 12.0 Å². The van der Waals surface area contributed by atoms with Crippen LogP contribution in [-0.4, -0.2) is 50.2 Å². The molecule has 0 aromatic heterocycles. The van der Waals surface area contributed by atoms with E-state index in [9.17, 15) is 23.3 Å². The molecule has 0 bridgehead atoms. The van der Waals surface area contributed by atoms with E-state index in [4.69, 9.17) is 9.47 Å². The molecule has 0 amide bonds. The van der Waals surface area contributed by atoms with Crippen molar-refractivity contribution in [1.29, 1.82) is 0 Å². The van der Waals surface area contributed by atoms with E-state index in [1.165, 1.54) is 28.6 Å². The number of nitro benzene ring substituents is 1. The summed E-state index contributed by atoms with van der Waals surface area (Å²) in [5.74, 6) is 0.107. The molecule has 3 rings (SSSR count). The van der Waals surface area contributed by atoms with Gasteiger partial charge in [0, 0.05) is 24.7 Å². The number of aldehydes is 1. The number of hydrogen-bond acceptors (Lipinski definition) is 7. The average Bonchev–Trinajstić information content (AvgIpc) is 2.68. The van der Waals surface area contributed by atoms with Crippen molar-refractivity contribution in [1.82, 2.24) is 4.31 Å². The Kier molecular flexibility index (Phi) is 5.49. The van der Waals surface area contributed by atoms with Gasteiger partial charge in [0.05, 0.1) is 23.0 Å². The van der Waals surface area contributed by atoms with Crippen LogP contribution in [0.2, 0.25) is 0 Å². The summed E-state index contributed by atoms with van der Waals surface area (Å²) in [5, 5.41) is 11.4. The zero-order chi connectivity index (χ0) is 19.4. The maximum atomic E-state index is 12.7. The Morgan fingerprint density at radius 1 is 1.15 bits per heavy atom. The summed E-state index contributed by atoms with van der Waals surface area (Å²) >= 11 is 0. The van der Waals surface area contributed by atoms with E-state index in [0.717, 1.165) is 6.07 Å². The molecule has 0 radical (unpaired) electrons. The Balaban J connectivity index is 1.95. The summed E-state index contributed by atoms with van der Waals surface area (Å²) < 4.78 is 37.2. The second-order valence-electron chi connectivity index (χ2n) is 5.70. The second kappa shape index (κ2) is 7.82. The number of nitro groups is 1. The molecular weight excluding hydrogens is 376 g/mol. The third-order valence-electron chi connectivity index (χ3n) is 3.96. The molecule has 142 valence electrons. The van der Waals surface area contributed by atoms with Crippen molar-refractivity contribution in [3.8, 4) is 11.5 Å². The Bertz CT molecular complexity index is 969. The van der Waals surface area contributed by atoms with Gasteiger partial charge in [-0.3, -0.25) is 14.9 Å². The number of carbonyl (C=O) groups is 1. The van der Waals surface area contributed by atoms with Crippen LogP contribution >= 0.6 is 0 Å². The molecule has 27 heavy (non-hydrogen) atoms. The topological polar surface area (TPSA) is 116 Å². The van der Waals surface area contributed by atoms with Gasteiger partial charge < -0.3 is 9.47 Å². The van der Waals surface area contributed by atoms with Crippen molar-refractivity contribution in [2.75, 3.05) is 26.3 Å². The van der Waals surface area contributed by atoms with Crippen molar-refractivity contribution < 1.29 is 27.6 Å². The Labute approximate surface area is 155 Å². The fourth-order valence-corrected chi connectivity index (χ4v) is 4.03. The summed E-state index contributed by atoms with van der Waals surface area (Å²) in [7, 11) is -3.87. The maximum absolute atomic E-state index is 12.7. The lowest BCUT2D eigenvalue weighted by molar-refractivity contribution is -0.385. The first-order valence-corrected chi connectivity index (χ1v) is 9.45. The van der Waals surface area contributed by atoms with Gasteiger partial charge in [0.15, 0.2) is 0 Å². The van der Waals surface area contributed by atoms with Gasteiger partial charge in [-0.15, -0.1) is 0 Å². The number of nitrogens with zero attached hydrogens (tertiary/aromatic N) is 2. The number of morpholine rings is 1. The first kappa shape index (κ1) is 19.0. The molecule has 0 unspecified atom stereocenters. The second-order valence-corrected chi connectivity index (χ2v) is 7.63. The SMILES string of the molecule is O=Cc1cccc(Oc2ccc(S(=O)(=O)N3CCOCC3)cc2[N+](=O)[O-])c1. The Hall–Kier alpha value is -2.82. The quantitative estimate of drug-likeness (QED) is 0.420. The minimum absolute atomic E-state index is 0.121. The van der Waals surface area contributed by atoms with Crippen molar-refractivity contribution in [3.05, 3.63) is 58.1 Å². The summed E-state index contributed by atoms with van der Waals surface area (Å²) in [4.78, 5) is 21.4. The van der Waals surface area contributed by atoms with E-state index in [0.29, 0.717) is 11.8 Å². The molecule has 0 spiro atoms. The molecule has 1 aliphatic rings. The minimum Gasteiger partial charge on any atom is -0.450 e. The normalized spacial score (nSPS) is 15.3. The van der Waals surface area contributed by atoms with Crippen LogP contribution in [0.1, 0.15) is 10.4 Å². The molecule has 10 heteroatoms. The predicted octanol–water partition coefficient (Wildman–Crippen LogP) is 2.22. The van der Waals surface area contributed by atoms with Gasteiger partial charge in [0.25, 0.3) is 0 Å². The fraction of sp³-hybridized carbons (Fsp3) is 0.235. The molecule has 0 atom stereocenters. The molecular formula is C17H16N2O7S. The van der Waals surface area contributed by atoms with E-state index in [-0.39, 0.29) is 42.7 Å². The highest BCUT2D eigenvalue weighted by molar-refractivity contribution is 7.89. The Morgan fingerprint density at radius 3 is 2.56 bits per heavy atom. The highest BCUT2D eigenvalue weighted by Gasteiger charge is 2.29. The highest BCUT2D eigenvalue weighted by Crippen LogP contribution is 2.34. The van der Waals surface area contributed by atoms with Crippen LogP contribution in [-0.2, 0) is 14.8 Å². The van der Waals surface area contributed by atoms with Gasteiger partial charge in [-0.2, -0.15) is 4.31 Å². The van der Waals surface area contributed by atoms with E-state index < -0.39 is 20.6 Å². The monoisotopic (exact) mass is 392 g/mol. The van der Waals surface area contributed by atoms with Crippen LogP contribution in [0.5, 0.6) is 11.5 Å². The lowest BCUT2D eigenvalue weighted by Gasteiger charge is -2.26. The smallest absolute Gasteiger partial charge is 0.312 e. The van der Waals surface area contributed by atoms with Crippen LogP contribution in [0.4, 0.5) is 5.69 Å². The third-order valence-corrected chi connectivity index (χ3v) is 5.85. The Morgan fingerprint density at radius 2 is 1.89 bits per heavy atom. The van der Waals surface area contributed by atoms with E-state index in [1.54, 1.807) is 12.1 Å². The number of rotatable bonds is 6. The number of carbonyl (C=O) groups excluding carboxylic acids is 1. The molecule has 1 aliphatic heterocycles. The van der Waals surface area contributed by atoms with Crippen molar-refractivity contribution in [3.63, 3.8) is 0 Å². The molecule has 2 aromatic carbocycles. The van der Waals surface area contributed by atoms with Gasteiger partial charge >= 0.3 is 5.69 Å². The molecule has 9 nitrogen and oxygen atoms in total. The van der Waals surface area contributed by atoms with E-state index in [1.807, 2.05) is 0 Å². The van der Waals surface area contributed by atoms with Crippen molar-refractivity contribution >= 4 is 22.0 Å². The largest absolute Gasteiger partial charge is 0.450 e. The van der Waals surface area contributed by atoms with Gasteiger partial charge in [-0.1, -0.05) is 12.1 Å². The summed E-state index contributed by atoms with van der Waals surface area (Å²) in [6.07, 6.45) is 0.624. The van der Waals surface area contributed by atoms with E-state index >= 15 is 0 Å². The number of hydrogen-bond donors (Lipinski definition) is 0. The fourth-order valence-electron chi connectivity index (χ4n) is 2.60. The highest BCUT2D eigenvalue weighted by atomic mass is 32.2. The molecule has 1 heterocycles. The molecule has 1 saturated heterocycles.